The fraction of sp³-hybridized carbons (Fsp3) is 0.417. The van der Waals surface area contributed by atoms with Gasteiger partial charge in [0.25, 0.3) is 5.69 Å². The van der Waals surface area contributed by atoms with E-state index in [1.807, 2.05) is 0 Å². The summed E-state index contributed by atoms with van der Waals surface area (Å²) in [5.74, 6) is -1.14. The van der Waals surface area contributed by atoms with Crippen molar-refractivity contribution in [3.05, 3.63) is 67.7 Å². The van der Waals surface area contributed by atoms with Gasteiger partial charge in [-0.05, 0) is 57.9 Å². The highest BCUT2D eigenvalue weighted by molar-refractivity contribution is 7.92. The number of non-ortho nitro benzene ring substituents is 1. The van der Waals surface area contributed by atoms with Crippen LogP contribution in [0.5, 0.6) is 0 Å². The molecule has 1 unspecified atom stereocenters. The highest BCUT2D eigenvalue weighted by Crippen LogP contribution is 2.28. The zero-order valence-corrected chi connectivity index (χ0v) is 23.7. The summed E-state index contributed by atoms with van der Waals surface area (Å²) in [5.41, 5.74) is 0.0651. The number of amides is 2. The van der Waals surface area contributed by atoms with E-state index in [9.17, 15) is 28.1 Å². The third kappa shape index (κ3) is 8.31. The van der Waals surface area contributed by atoms with Crippen LogP contribution >= 0.6 is 23.2 Å². The lowest BCUT2D eigenvalue weighted by Crippen LogP contribution is -2.54. The molecule has 2 amide bonds. The molecule has 202 valence electrons. The fourth-order valence-electron chi connectivity index (χ4n) is 3.47. The first kappa shape index (κ1) is 30.3. The summed E-state index contributed by atoms with van der Waals surface area (Å²) < 4.78 is 26.3. The highest BCUT2D eigenvalue weighted by Gasteiger charge is 2.32. The minimum absolute atomic E-state index is 0.00802. The number of hydrogen-bond acceptors (Lipinski definition) is 6. The maximum atomic E-state index is 13.6. The van der Waals surface area contributed by atoms with Gasteiger partial charge >= 0.3 is 0 Å². The van der Waals surface area contributed by atoms with Crippen molar-refractivity contribution in [2.75, 3.05) is 17.1 Å². The largest absolute Gasteiger partial charge is 0.350 e. The quantitative estimate of drug-likeness (QED) is 0.352. The second kappa shape index (κ2) is 11.7. The Labute approximate surface area is 226 Å². The first-order chi connectivity index (χ1) is 16.9. The predicted molar refractivity (Wildman–Crippen MR) is 144 cm³/mol. The minimum Gasteiger partial charge on any atom is -0.350 e. The van der Waals surface area contributed by atoms with Gasteiger partial charge < -0.3 is 10.2 Å². The van der Waals surface area contributed by atoms with Gasteiger partial charge in [0.2, 0.25) is 21.8 Å². The molecule has 0 bridgehead atoms. The van der Waals surface area contributed by atoms with Crippen molar-refractivity contribution in [1.82, 2.24) is 10.2 Å². The van der Waals surface area contributed by atoms with Crippen LogP contribution in [-0.2, 0) is 26.2 Å². The summed E-state index contributed by atoms with van der Waals surface area (Å²) in [5, 5.41) is 14.7. The number of rotatable bonds is 9. The Balaban J connectivity index is 2.52. The van der Waals surface area contributed by atoms with Crippen molar-refractivity contribution in [3.8, 4) is 0 Å². The average Bonchev–Trinajstić information content (AvgIpc) is 2.76. The Kier molecular flexibility index (Phi) is 9.56. The van der Waals surface area contributed by atoms with E-state index in [0.29, 0.717) is 16.1 Å². The van der Waals surface area contributed by atoms with E-state index in [1.165, 1.54) is 24.0 Å². The van der Waals surface area contributed by atoms with Crippen LogP contribution in [0, 0.1) is 17.0 Å². The Hall–Kier alpha value is -2.89. The molecule has 2 rings (SSSR count). The number of nitro groups is 1. The topological polar surface area (TPSA) is 130 Å². The van der Waals surface area contributed by atoms with Crippen molar-refractivity contribution in [3.63, 3.8) is 0 Å². The number of hydrogen-bond donors (Lipinski definition) is 1. The number of carbonyl (C=O) groups is 2. The number of benzene rings is 2. The molecule has 13 heteroatoms. The third-order valence-corrected chi connectivity index (χ3v) is 7.22. The van der Waals surface area contributed by atoms with Crippen LogP contribution in [-0.4, -0.2) is 54.4 Å². The lowest BCUT2D eigenvalue weighted by Gasteiger charge is -2.33. The molecule has 0 fully saturated rings. The van der Waals surface area contributed by atoms with Crippen molar-refractivity contribution in [2.45, 2.75) is 52.7 Å². The van der Waals surface area contributed by atoms with Crippen molar-refractivity contribution >= 4 is 56.4 Å². The van der Waals surface area contributed by atoms with Gasteiger partial charge in [-0.2, -0.15) is 0 Å². The van der Waals surface area contributed by atoms with E-state index < -0.39 is 44.9 Å². The number of aryl methyl sites for hydroxylation is 1. The molecule has 0 aliphatic rings. The number of nitrogens with one attached hydrogen (secondary N) is 1. The number of anilines is 1. The molecular weight excluding hydrogens is 543 g/mol. The van der Waals surface area contributed by atoms with Crippen LogP contribution in [0.25, 0.3) is 0 Å². The van der Waals surface area contributed by atoms with Crippen LogP contribution in [0.3, 0.4) is 0 Å². The summed E-state index contributed by atoms with van der Waals surface area (Å²) in [6.45, 7) is 7.72. The van der Waals surface area contributed by atoms with E-state index in [0.717, 1.165) is 16.6 Å². The Morgan fingerprint density at radius 1 is 1.11 bits per heavy atom. The summed E-state index contributed by atoms with van der Waals surface area (Å²) in [7, 11) is -4.05. The van der Waals surface area contributed by atoms with Gasteiger partial charge in [0.05, 0.1) is 26.9 Å². The van der Waals surface area contributed by atoms with Crippen LogP contribution in [0.15, 0.2) is 36.4 Å². The SMILES string of the molecule is Cc1ccc([N+](=O)[O-])cc1N(CC(=O)N(Cc1ccc(Cl)c(Cl)c1)C(C)C(=O)NC(C)(C)C)S(C)(=O)=O. The van der Waals surface area contributed by atoms with Crippen LogP contribution in [0.4, 0.5) is 11.4 Å². The molecular formula is C24H30Cl2N4O6S. The van der Waals surface area contributed by atoms with Crippen LogP contribution < -0.4 is 9.62 Å². The maximum Gasteiger partial charge on any atom is 0.271 e. The standard InChI is InChI=1S/C24H30Cl2N4O6S/c1-15-7-9-18(30(33)34)12-21(15)29(37(6,35)36)14-22(31)28(16(2)23(32)27-24(3,4)5)13-17-8-10-19(25)20(26)11-17/h7-12,16H,13-14H2,1-6H3,(H,27,32). The molecule has 2 aromatic rings. The first-order valence-electron chi connectivity index (χ1n) is 11.2. The number of halogens is 2. The van der Waals surface area contributed by atoms with Crippen LogP contribution in [0.2, 0.25) is 10.0 Å². The average molecular weight is 573 g/mol. The van der Waals surface area contributed by atoms with Gasteiger partial charge in [-0.1, -0.05) is 35.3 Å². The number of nitro benzene ring substituents is 1. The Bertz CT molecular complexity index is 1310. The number of nitrogens with zero attached hydrogens (tertiary/aromatic N) is 3. The van der Waals surface area contributed by atoms with Gasteiger partial charge in [-0.15, -0.1) is 0 Å². The normalized spacial score (nSPS) is 12.5. The lowest BCUT2D eigenvalue weighted by molar-refractivity contribution is -0.384. The molecule has 0 saturated heterocycles. The molecule has 0 spiro atoms. The van der Waals surface area contributed by atoms with Gasteiger partial charge in [-0.25, -0.2) is 8.42 Å². The van der Waals surface area contributed by atoms with Crippen molar-refractivity contribution in [2.24, 2.45) is 0 Å². The summed E-state index contributed by atoms with van der Waals surface area (Å²) >= 11 is 12.1. The summed E-state index contributed by atoms with van der Waals surface area (Å²) in [6.07, 6.45) is 0.900. The Morgan fingerprint density at radius 3 is 2.24 bits per heavy atom. The van der Waals surface area contributed by atoms with Gasteiger partial charge in [0.15, 0.2) is 0 Å². The molecule has 0 aliphatic carbocycles. The van der Waals surface area contributed by atoms with E-state index in [-0.39, 0.29) is 22.9 Å². The smallest absolute Gasteiger partial charge is 0.271 e. The molecule has 1 atom stereocenters. The van der Waals surface area contributed by atoms with Gasteiger partial charge in [0, 0.05) is 24.2 Å². The Morgan fingerprint density at radius 2 is 1.73 bits per heavy atom. The van der Waals surface area contributed by atoms with E-state index in [4.69, 9.17) is 23.2 Å². The molecule has 2 aromatic carbocycles. The van der Waals surface area contributed by atoms with Gasteiger partial charge in [0.1, 0.15) is 12.6 Å². The zero-order valence-electron chi connectivity index (χ0n) is 21.4. The molecule has 0 heterocycles. The number of carbonyl (C=O) groups excluding carboxylic acids is 2. The summed E-state index contributed by atoms with van der Waals surface area (Å²) in [6, 6.07) is 7.51. The molecule has 0 aliphatic heterocycles. The molecule has 37 heavy (non-hydrogen) atoms. The molecule has 0 saturated carbocycles. The highest BCUT2D eigenvalue weighted by atomic mass is 35.5. The molecule has 0 aromatic heterocycles. The predicted octanol–water partition coefficient (Wildman–Crippen LogP) is 4.31. The summed E-state index contributed by atoms with van der Waals surface area (Å²) in [4.78, 5) is 38.5. The van der Waals surface area contributed by atoms with Crippen molar-refractivity contribution < 1.29 is 22.9 Å². The zero-order chi connectivity index (χ0) is 28.3. The maximum absolute atomic E-state index is 13.6. The van der Waals surface area contributed by atoms with Gasteiger partial charge in [-0.3, -0.25) is 24.0 Å². The molecule has 0 radical (unpaired) electrons. The fourth-order valence-corrected chi connectivity index (χ4v) is 4.69. The second-order valence-corrected chi connectivity index (χ2v) is 12.4. The van der Waals surface area contributed by atoms with E-state index >= 15 is 0 Å². The molecule has 10 nitrogen and oxygen atoms in total. The molecule has 1 N–H and O–H groups in total. The number of sulfonamides is 1. The van der Waals surface area contributed by atoms with Crippen LogP contribution in [0.1, 0.15) is 38.8 Å². The first-order valence-corrected chi connectivity index (χ1v) is 13.8. The van der Waals surface area contributed by atoms with Crippen molar-refractivity contribution in [1.29, 1.82) is 0 Å². The minimum atomic E-state index is -4.05. The van der Waals surface area contributed by atoms with E-state index in [1.54, 1.807) is 45.9 Å². The third-order valence-electron chi connectivity index (χ3n) is 5.35. The lowest BCUT2D eigenvalue weighted by atomic mass is 10.1. The van der Waals surface area contributed by atoms with E-state index in [2.05, 4.69) is 5.32 Å². The second-order valence-electron chi connectivity index (χ2n) is 9.68. The monoisotopic (exact) mass is 572 g/mol.